The van der Waals surface area contributed by atoms with Crippen molar-refractivity contribution >= 4 is 17.5 Å². The fourth-order valence-electron chi connectivity index (χ4n) is 2.06. The predicted molar refractivity (Wildman–Crippen MR) is 86.1 cm³/mol. The summed E-state index contributed by atoms with van der Waals surface area (Å²) in [5, 5.41) is 3.26. The molecule has 0 saturated heterocycles. The molecule has 0 saturated carbocycles. The zero-order valence-corrected chi connectivity index (χ0v) is 14.1. The largest absolute Gasteiger partial charge is 0.471 e. The maximum absolute atomic E-state index is 13.1. The Kier molecular flexibility index (Phi) is 5.26. The number of carbonyl (C=O) groups excluding carboxylic acids is 1. The van der Waals surface area contributed by atoms with Gasteiger partial charge in [0.2, 0.25) is 5.82 Å². The van der Waals surface area contributed by atoms with E-state index in [0.29, 0.717) is 10.5 Å². The van der Waals surface area contributed by atoms with E-state index in [2.05, 4.69) is 14.7 Å². The van der Waals surface area contributed by atoms with Crippen LogP contribution in [0.25, 0.3) is 11.4 Å². The molecular weight excluding hydrogens is 391 g/mol. The number of benzene rings is 2. The molecule has 0 aliphatic heterocycles. The van der Waals surface area contributed by atoms with E-state index in [1.54, 1.807) is 0 Å². The molecule has 0 radical (unpaired) electrons. The van der Waals surface area contributed by atoms with Crippen molar-refractivity contribution in [1.29, 1.82) is 0 Å². The van der Waals surface area contributed by atoms with Gasteiger partial charge in [0.1, 0.15) is 0 Å². The molecule has 3 rings (SSSR count). The number of hydrogen-bond acceptors (Lipinski definition) is 5. The number of Topliss-reactive ketones (excluding diaryl/α,β-unsaturated/α-hetero) is 1. The second-order valence-electron chi connectivity index (χ2n) is 5.29. The molecular formula is C17H9F5N2O2S. The van der Waals surface area contributed by atoms with Crippen molar-refractivity contribution in [3.63, 3.8) is 0 Å². The van der Waals surface area contributed by atoms with Crippen LogP contribution >= 0.6 is 11.8 Å². The normalized spacial score (nSPS) is 11.6. The average Bonchev–Trinajstić information content (AvgIpc) is 3.13. The smallest absolute Gasteiger partial charge is 0.329 e. The minimum absolute atomic E-state index is 0.0230. The number of ketones is 1. The van der Waals surface area contributed by atoms with Crippen LogP contribution in [-0.4, -0.2) is 21.7 Å². The fraction of sp³-hybridized carbons (Fsp3) is 0.118. The van der Waals surface area contributed by atoms with Crippen LogP contribution in [0.15, 0.2) is 51.9 Å². The second kappa shape index (κ2) is 7.47. The van der Waals surface area contributed by atoms with Crippen molar-refractivity contribution in [2.45, 2.75) is 11.1 Å². The van der Waals surface area contributed by atoms with E-state index in [-0.39, 0.29) is 22.9 Å². The number of carbonyl (C=O) groups is 1. The lowest BCUT2D eigenvalue weighted by atomic mass is 10.1. The van der Waals surface area contributed by atoms with Gasteiger partial charge in [0, 0.05) is 16.0 Å². The standard InChI is InChI=1S/C17H9F5N2O2S/c18-12-6-5-11(7-13(12)19)27-8-14(25)9-1-3-10(4-2-9)15-23-16(26-24-15)17(20,21)22/h1-7H,8H2. The van der Waals surface area contributed by atoms with Gasteiger partial charge < -0.3 is 4.52 Å². The molecule has 140 valence electrons. The van der Waals surface area contributed by atoms with E-state index in [1.807, 2.05) is 0 Å². The Morgan fingerprint density at radius 3 is 2.33 bits per heavy atom. The topological polar surface area (TPSA) is 56.0 Å². The summed E-state index contributed by atoms with van der Waals surface area (Å²) < 4.78 is 67.6. The summed E-state index contributed by atoms with van der Waals surface area (Å²) in [7, 11) is 0. The molecule has 2 aromatic carbocycles. The summed E-state index contributed by atoms with van der Waals surface area (Å²) in [4.78, 5) is 15.8. The van der Waals surface area contributed by atoms with Crippen LogP contribution in [0.5, 0.6) is 0 Å². The van der Waals surface area contributed by atoms with Crippen LogP contribution in [-0.2, 0) is 6.18 Å². The first-order valence-electron chi connectivity index (χ1n) is 7.36. The van der Waals surface area contributed by atoms with E-state index in [4.69, 9.17) is 0 Å². The van der Waals surface area contributed by atoms with Crippen molar-refractivity contribution in [2.75, 3.05) is 5.75 Å². The van der Waals surface area contributed by atoms with Crippen molar-refractivity contribution < 1.29 is 31.3 Å². The quantitative estimate of drug-likeness (QED) is 0.342. The zero-order valence-electron chi connectivity index (χ0n) is 13.3. The van der Waals surface area contributed by atoms with E-state index in [0.717, 1.165) is 23.9 Å². The van der Waals surface area contributed by atoms with Gasteiger partial charge in [-0.3, -0.25) is 4.79 Å². The van der Waals surface area contributed by atoms with Gasteiger partial charge in [-0.05, 0) is 18.2 Å². The Morgan fingerprint density at radius 1 is 1.04 bits per heavy atom. The predicted octanol–water partition coefficient (Wildman–Crippen LogP) is 5.01. The molecule has 1 aromatic heterocycles. The van der Waals surface area contributed by atoms with Gasteiger partial charge in [-0.1, -0.05) is 29.4 Å². The van der Waals surface area contributed by atoms with Crippen LogP contribution in [0, 0.1) is 11.6 Å². The number of halogens is 5. The fourth-order valence-corrected chi connectivity index (χ4v) is 2.88. The first-order chi connectivity index (χ1) is 12.7. The van der Waals surface area contributed by atoms with Gasteiger partial charge in [-0.25, -0.2) is 8.78 Å². The lowest BCUT2D eigenvalue weighted by Gasteiger charge is -2.03. The Balaban J connectivity index is 1.66. The molecule has 0 unspecified atom stereocenters. The molecule has 0 fully saturated rings. The maximum Gasteiger partial charge on any atom is 0.471 e. The van der Waals surface area contributed by atoms with E-state index in [9.17, 15) is 26.7 Å². The SMILES string of the molecule is O=C(CSc1ccc(F)c(F)c1)c1ccc(-c2noc(C(F)(F)F)n2)cc1. The van der Waals surface area contributed by atoms with Gasteiger partial charge in [0.25, 0.3) is 0 Å². The minimum atomic E-state index is -4.74. The lowest BCUT2D eigenvalue weighted by molar-refractivity contribution is -0.159. The van der Waals surface area contributed by atoms with Gasteiger partial charge >= 0.3 is 12.1 Å². The highest BCUT2D eigenvalue weighted by Gasteiger charge is 2.38. The van der Waals surface area contributed by atoms with Gasteiger partial charge in [0.05, 0.1) is 5.75 Å². The van der Waals surface area contributed by atoms with Crippen LogP contribution in [0.3, 0.4) is 0 Å². The third-order valence-corrected chi connectivity index (χ3v) is 4.39. The molecule has 27 heavy (non-hydrogen) atoms. The summed E-state index contributed by atoms with van der Waals surface area (Å²) in [5.74, 6) is -4.00. The van der Waals surface area contributed by atoms with Crippen LogP contribution in [0.1, 0.15) is 16.2 Å². The van der Waals surface area contributed by atoms with Crippen molar-refractivity contribution in [1.82, 2.24) is 10.1 Å². The summed E-state index contributed by atoms with van der Waals surface area (Å²) >= 11 is 1.03. The number of thioether (sulfide) groups is 1. The highest BCUT2D eigenvalue weighted by molar-refractivity contribution is 8.00. The second-order valence-corrected chi connectivity index (χ2v) is 6.33. The van der Waals surface area contributed by atoms with Crippen molar-refractivity contribution in [3.05, 3.63) is 65.6 Å². The monoisotopic (exact) mass is 400 g/mol. The van der Waals surface area contributed by atoms with Gasteiger partial charge in [-0.2, -0.15) is 18.2 Å². The molecule has 4 nitrogen and oxygen atoms in total. The van der Waals surface area contributed by atoms with E-state index in [1.165, 1.54) is 30.3 Å². The Morgan fingerprint density at radius 2 is 1.74 bits per heavy atom. The third-order valence-electron chi connectivity index (χ3n) is 3.39. The van der Waals surface area contributed by atoms with Crippen LogP contribution < -0.4 is 0 Å². The molecule has 0 N–H and O–H groups in total. The van der Waals surface area contributed by atoms with Crippen LogP contribution in [0.2, 0.25) is 0 Å². The first kappa shape index (κ1) is 19.0. The third kappa shape index (κ3) is 4.51. The number of nitrogens with zero attached hydrogens (tertiary/aromatic N) is 2. The molecule has 0 bridgehead atoms. The molecule has 1 heterocycles. The van der Waals surface area contributed by atoms with Crippen LogP contribution in [0.4, 0.5) is 22.0 Å². The molecule has 3 aromatic rings. The summed E-state index contributed by atoms with van der Waals surface area (Å²) in [6.45, 7) is 0. The number of alkyl halides is 3. The van der Waals surface area contributed by atoms with Crippen molar-refractivity contribution in [2.24, 2.45) is 0 Å². The minimum Gasteiger partial charge on any atom is -0.329 e. The maximum atomic E-state index is 13.1. The Hall–Kier alpha value is -2.75. The zero-order chi connectivity index (χ0) is 19.6. The van der Waals surface area contributed by atoms with E-state index < -0.39 is 23.7 Å². The molecule has 0 aliphatic carbocycles. The molecule has 0 spiro atoms. The number of rotatable bonds is 5. The van der Waals surface area contributed by atoms with Gasteiger partial charge in [-0.15, -0.1) is 11.8 Å². The summed E-state index contributed by atoms with van der Waals surface area (Å²) in [6.07, 6.45) is -4.74. The number of hydrogen-bond donors (Lipinski definition) is 0. The Labute approximate surface area is 153 Å². The van der Waals surface area contributed by atoms with E-state index >= 15 is 0 Å². The average molecular weight is 400 g/mol. The molecule has 0 atom stereocenters. The van der Waals surface area contributed by atoms with Gasteiger partial charge in [0.15, 0.2) is 17.4 Å². The lowest BCUT2D eigenvalue weighted by Crippen LogP contribution is -2.05. The molecule has 0 amide bonds. The Bertz CT molecular complexity index is 970. The highest BCUT2D eigenvalue weighted by atomic mass is 32.2. The molecule has 0 aliphatic rings. The number of aromatic nitrogens is 2. The van der Waals surface area contributed by atoms with Crippen molar-refractivity contribution in [3.8, 4) is 11.4 Å². The molecule has 10 heteroatoms. The summed E-state index contributed by atoms with van der Waals surface area (Å²) in [6, 6.07) is 8.91. The summed E-state index contributed by atoms with van der Waals surface area (Å²) in [5.41, 5.74) is 0.549. The first-order valence-corrected chi connectivity index (χ1v) is 8.35. The highest BCUT2D eigenvalue weighted by Crippen LogP contribution is 2.29.